The maximum atomic E-state index is 12.4. The van der Waals surface area contributed by atoms with Crippen LogP contribution in [0.25, 0.3) is 0 Å². The number of aliphatic hydroxyl groups is 1. The first-order valence-corrected chi connectivity index (χ1v) is 6.46. The number of ether oxygens (including phenoxy) is 1. The molecule has 20 heavy (non-hydrogen) atoms. The normalized spacial score (nSPS) is 15.1. The van der Waals surface area contributed by atoms with Gasteiger partial charge in [-0.05, 0) is 24.1 Å². The lowest BCUT2D eigenvalue weighted by molar-refractivity contribution is -0.137. The number of hydrogen-bond acceptors (Lipinski definition) is 3. The van der Waals surface area contributed by atoms with Gasteiger partial charge in [-0.15, -0.1) is 0 Å². The predicted molar refractivity (Wildman–Crippen MR) is 70.4 cm³/mol. The molecule has 3 nitrogen and oxygen atoms in total. The molecule has 0 aliphatic carbocycles. The summed E-state index contributed by atoms with van der Waals surface area (Å²) in [6, 6.07) is 4.67. The fourth-order valence-corrected chi connectivity index (χ4v) is 1.81. The van der Waals surface area contributed by atoms with E-state index in [2.05, 4.69) is 5.32 Å². The van der Waals surface area contributed by atoms with Crippen LogP contribution in [0.3, 0.4) is 0 Å². The zero-order valence-electron chi connectivity index (χ0n) is 11.6. The average molecular weight is 291 g/mol. The zero-order valence-corrected chi connectivity index (χ0v) is 11.6. The van der Waals surface area contributed by atoms with Crippen LogP contribution in [0.2, 0.25) is 0 Å². The first kappa shape index (κ1) is 16.9. The number of aliphatic hydroxyl groups excluding tert-OH is 1. The molecule has 0 aliphatic heterocycles. The van der Waals surface area contributed by atoms with Gasteiger partial charge in [0.25, 0.3) is 0 Å². The molecule has 0 saturated carbocycles. The molecule has 0 aliphatic rings. The van der Waals surface area contributed by atoms with Crippen molar-refractivity contribution in [1.82, 2.24) is 5.32 Å². The van der Waals surface area contributed by atoms with Gasteiger partial charge in [0.05, 0.1) is 18.3 Å². The van der Waals surface area contributed by atoms with Gasteiger partial charge in [0, 0.05) is 19.7 Å². The summed E-state index contributed by atoms with van der Waals surface area (Å²) < 4.78 is 42.3. The molecule has 6 heteroatoms. The Hall–Kier alpha value is -1.11. The van der Waals surface area contributed by atoms with E-state index in [9.17, 15) is 18.3 Å². The standard InChI is InChI=1S/C14H20F3NO2/c1-3-12(9-20-2)18-8-13(19)10-4-6-11(7-5-10)14(15,16)17/h4-7,12-13,18-19H,3,8-9H2,1-2H3. The molecule has 0 aromatic heterocycles. The lowest BCUT2D eigenvalue weighted by Gasteiger charge is -2.19. The third kappa shape index (κ3) is 5.11. The first-order valence-electron chi connectivity index (χ1n) is 6.46. The second-order valence-electron chi connectivity index (χ2n) is 4.60. The minimum Gasteiger partial charge on any atom is -0.387 e. The molecule has 0 saturated heterocycles. The number of hydrogen-bond donors (Lipinski definition) is 2. The quantitative estimate of drug-likeness (QED) is 0.811. The van der Waals surface area contributed by atoms with Gasteiger partial charge in [-0.2, -0.15) is 13.2 Å². The first-order chi connectivity index (χ1) is 9.38. The topological polar surface area (TPSA) is 41.5 Å². The van der Waals surface area contributed by atoms with Crippen LogP contribution in [-0.4, -0.2) is 31.4 Å². The number of halogens is 3. The van der Waals surface area contributed by atoms with Gasteiger partial charge in [0.2, 0.25) is 0 Å². The van der Waals surface area contributed by atoms with Crippen LogP contribution in [0.1, 0.15) is 30.6 Å². The molecule has 0 bridgehead atoms. The molecule has 1 aromatic carbocycles. The highest BCUT2D eigenvalue weighted by atomic mass is 19.4. The van der Waals surface area contributed by atoms with Gasteiger partial charge in [0.1, 0.15) is 0 Å². The number of benzene rings is 1. The fraction of sp³-hybridized carbons (Fsp3) is 0.571. The van der Waals surface area contributed by atoms with Crippen LogP contribution in [0.5, 0.6) is 0 Å². The minimum atomic E-state index is -4.35. The van der Waals surface area contributed by atoms with Gasteiger partial charge in [-0.3, -0.25) is 0 Å². The van der Waals surface area contributed by atoms with E-state index < -0.39 is 17.8 Å². The molecular formula is C14H20F3NO2. The summed E-state index contributed by atoms with van der Waals surface area (Å²) in [5.41, 5.74) is -0.259. The molecule has 0 fully saturated rings. The predicted octanol–water partition coefficient (Wildman–Crippen LogP) is 2.75. The summed E-state index contributed by atoms with van der Waals surface area (Å²) in [6.45, 7) is 2.78. The van der Waals surface area contributed by atoms with E-state index in [0.717, 1.165) is 18.6 Å². The Morgan fingerprint density at radius 3 is 2.30 bits per heavy atom. The Morgan fingerprint density at radius 2 is 1.85 bits per heavy atom. The molecular weight excluding hydrogens is 271 g/mol. The van der Waals surface area contributed by atoms with Crippen LogP contribution in [0.15, 0.2) is 24.3 Å². The number of rotatable bonds is 7. The van der Waals surface area contributed by atoms with E-state index in [-0.39, 0.29) is 12.6 Å². The summed E-state index contributed by atoms with van der Waals surface area (Å²) in [5, 5.41) is 13.1. The number of alkyl halides is 3. The van der Waals surface area contributed by atoms with Crippen molar-refractivity contribution in [1.29, 1.82) is 0 Å². The highest BCUT2D eigenvalue weighted by Crippen LogP contribution is 2.29. The Labute approximate surface area is 116 Å². The van der Waals surface area contributed by atoms with E-state index in [4.69, 9.17) is 4.74 Å². The summed E-state index contributed by atoms with van der Waals surface area (Å²) in [7, 11) is 1.59. The van der Waals surface area contributed by atoms with Gasteiger partial charge >= 0.3 is 6.18 Å². The van der Waals surface area contributed by atoms with Crippen molar-refractivity contribution in [2.24, 2.45) is 0 Å². The Balaban J connectivity index is 2.57. The summed E-state index contributed by atoms with van der Waals surface area (Å²) in [5.74, 6) is 0. The van der Waals surface area contributed by atoms with Gasteiger partial charge in [0.15, 0.2) is 0 Å². The molecule has 2 atom stereocenters. The van der Waals surface area contributed by atoms with E-state index in [1.165, 1.54) is 12.1 Å². The average Bonchev–Trinajstić information content (AvgIpc) is 2.42. The molecule has 0 heterocycles. The van der Waals surface area contributed by atoms with E-state index in [1.807, 2.05) is 6.92 Å². The largest absolute Gasteiger partial charge is 0.416 e. The number of nitrogens with one attached hydrogen (secondary N) is 1. The van der Waals surface area contributed by atoms with Crippen molar-refractivity contribution in [3.63, 3.8) is 0 Å². The zero-order chi connectivity index (χ0) is 15.2. The van der Waals surface area contributed by atoms with Crippen molar-refractivity contribution < 1.29 is 23.0 Å². The highest BCUT2D eigenvalue weighted by Gasteiger charge is 2.30. The molecule has 0 spiro atoms. The third-order valence-electron chi connectivity index (χ3n) is 3.08. The van der Waals surface area contributed by atoms with Crippen LogP contribution in [0, 0.1) is 0 Å². The molecule has 1 aromatic rings. The second kappa shape index (κ2) is 7.61. The van der Waals surface area contributed by atoms with Crippen LogP contribution < -0.4 is 5.32 Å². The van der Waals surface area contributed by atoms with E-state index in [0.29, 0.717) is 12.2 Å². The molecule has 2 unspecified atom stereocenters. The van der Waals surface area contributed by atoms with E-state index in [1.54, 1.807) is 7.11 Å². The van der Waals surface area contributed by atoms with Crippen molar-refractivity contribution in [3.8, 4) is 0 Å². The summed E-state index contributed by atoms with van der Waals surface area (Å²) >= 11 is 0. The molecule has 0 amide bonds. The van der Waals surface area contributed by atoms with Crippen molar-refractivity contribution >= 4 is 0 Å². The fourth-order valence-electron chi connectivity index (χ4n) is 1.81. The maximum Gasteiger partial charge on any atom is 0.416 e. The lowest BCUT2D eigenvalue weighted by Crippen LogP contribution is -2.35. The van der Waals surface area contributed by atoms with Crippen LogP contribution in [0.4, 0.5) is 13.2 Å². The minimum absolute atomic E-state index is 0.115. The van der Waals surface area contributed by atoms with Crippen LogP contribution in [-0.2, 0) is 10.9 Å². The molecule has 114 valence electrons. The van der Waals surface area contributed by atoms with Crippen molar-refractivity contribution in [3.05, 3.63) is 35.4 Å². The molecule has 0 radical (unpaired) electrons. The number of methoxy groups -OCH3 is 1. The van der Waals surface area contributed by atoms with Crippen molar-refractivity contribution in [2.45, 2.75) is 31.7 Å². The Bertz CT molecular complexity index is 392. The second-order valence-corrected chi connectivity index (χ2v) is 4.60. The Kier molecular flexibility index (Phi) is 6.45. The summed E-state index contributed by atoms with van der Waals surface area (Å²) in [6.07, 6.45) is -4.36. The van der Waals surface area contributed by atoms with Gasteiger partial charge in [-0.1, -0.05) is 19.1 Å². The highest BCUT2D eigenvalue weighted by molar-refractivity contribution is 5.26. The lowest BCUT2D eigenvalue weighted by atomic mass is 10.1. The van der Waals surface area contributed by atoms with Gasteiger partial charge in [-0.25, -0.2) is 0 Å². The van der Waals surface area contributed by atoms with Crippen LogP contribution >= 0.6 is 0 Å². The summed E-state index contributed by atoms with van der Waals surface area (Å²) in [4.78, 5) is 0. The molecule has 2 N–H and O–H groups in total. The van der Waals surface area contributed by atoms with E-state index >= 15 is 0 Å². The SMILES string of the molecule is CCC(COC)NCC(O)c1ccc(C(F)(F)F)cc1. The maximum absolute atomic E-state index is 12.4. The Morgan fingerprint density at radius 1 is 1.25 bits per heavy atom. The van der Waals surface area contributed by atoms with Gasteiger partial charge < -0.3 is 15.2 Å². The monoisotopic (exact) mass is 291 g/mol. The smallest absolute Gasteiger partial charge is 0.387 e. The third-order valence-corrected chi connectivity index (χ3v) is 3.08. The van der Waals surface area contributed by atoms with Crippen molar-refractivity contribution in [2.75, 3.05) is 20.3 Å². The molecule has 1 rings (SSSR count).